The molecule has 0 spiro atoms. The van der Waals surface area contributed by atoms with E-state index in [-0.39, 0.29) is 10.8 Å². The second kappa shape index (κ2) is 6.67. The van der Waals surface area contributed by atoms with Crippen molar-refractivity contribution < 1.29 is 19.4 Å². The Morgan fingerprint density at radius 1 is 1.29 bits per heavy atom. The van der Waals surface area contributed by atoms with Crippen molar-refractivity contribution in [3.63, 3.8) is 0 Å². The number of aliphatic carboxylic acids is 1. The zero-order chi connectivity index (χ0) is 15.2. The average molecular weight is 308 g/mol. The minimum atomic E-state index is -1.08. The molecule has 2 N–H and O–H groups in total. The highest BCUT2D eigenvalue weighted by Gasteiger charge is 2.09. The van der Waals surface area contributed by atoms with E-state index in [0.29, 0.717) is 11.4 Å². The Balaban J connectivity index is 2.05. The summed E-state index contributed by atoms with van der Waals surface area (Å²) in [7, 11) is 0. The average Bonchev–Trinajstić information content (AvgIpc) is 2.46. The van der Waals surface area contributed by atoms with Gasteiger partial charge in [-0.05, 0) is 12.1 Å². The number of benzene rings is 1. The Morgan fingerprint density at radius 3 is 2.76 bits per heavy atom. The number of anilines is 1. The zero-order valence-electron chi connectivity index (χ0n) is 10.6. The van der Waals surface area contributed by atoms with E-state index in [4.69, 9.17) is 21.4 Å². The summed E-state index contributed by atoms with van der Waals surface area (Å²) in [6, 6.07) is 6.35. The van der Waals surface area contributed by atoms with Crippen LogP contribution in [0.15, 0.2) is 36.7 Å². The van der Waals surface area contributed by atoms with E-state index < -0.39 is 18.5 Å². The van der Waals surface area contributed by atoms with Gasteiger partial charge in [0.2, 0.25) is 0 Å². The molecule has 1 amide bonds. The molecule has 8 heteroatoms. The number of carboxylic acid groups (broad SMARTS) is 1. The minimum Gasteiger partial charge on any atom is -0.482 e. The second-order valence-corrected chi connectivity index (χ2v) is 4.28. The van der Waals surface area contributed by atoms with Crippen molar-refractivity contribution in [2.45, 2.75) is 0 Å². The molecular weight excluding hydrogens is 298 g/mol. The van der Waals surface area contributed by atoms with Crippen molar-refractivity contribution in [2.24, 2.45) is 0 Å². The summed E-state index contributed by atoms with van der Waals surface area (Å²) in [5.41, 5.74) is 0.552. The quantitative estimate of drug-likeness (QED) is 0.874. The molecule has 21 heavy (non-hydrogen) atoms. The van der Waals surface area contributed by atoms with Crippen LogP contribution in [0.1, 0.15) is 10.5 Å². The Bertz CT molecular complexity index is 661. The third-order valence-corrected chi connectivity index (χ3v) is 2.50. The van der Waals surface area contributed by atoms with Crippen LogP contribution in [0, 0.1) is 0 Å². The van der Waals surface area contributed by atoms with Crippen molar-refractivity contribution in [3.8, 4) is 5.75 Å². The van der Waals surface area contributed by atoms with Crippen LogP contribution in [-0.2, 0) is 4.79 Å². The molecule has 0 saturated carbocycles. The van der Waals surface area contributed by atoms with Crippen LogP contribution in [0.25, 0.3) is 0 Å². The molecule has 7 nitrogen and oxygen atoms in total. The molecule has 0 unspecified atom stereocenters. The smallest absolute Gasteiger partial charge is 0.341 e. The van der Waals surface area contributed by atoms with E-state index >= 15 is 0 Å². The molecule has 1 aromatic carbocycles. The van der Waals surface area contributed by atoms with Gasteiger partial charge in [-0.25, -0.2) is 14.8 Å². The van der Waals surface area contributed by atoms with Crippen molar-refractivity contribution in [3.05, 3.63) is 47.5 Å². The molecule has 0 radical (unpaired) electrons. The first-order valence-corrected chi connectivity index (χ1v) is 6.16. The number of carbonyl (C=O) groups is 2. The van der Waals surface area contributed by atoms with E-state index in [1.54, 1.807) is 18.2 Å². The molecule has 0 aliphatic rings. The molecule has 2 aromatic rings. The molecule has 0 aliphatic carbocycles. The first-order valence-electron chi connectivity index (χ1n) is 5.78. The lowest BCUT2D eigenvalue weighted by molar-refractivity contribution is -0.139. The number of rotatable bonds is 5. The molecule has 1 aromatic heterocycles. The van der Waals surface area contributed by atoms with Gasteiger partial charge in [-0.1, -0.05) is 17.7 Å². The standard InChI is InChI=1S/C13H10ClN3O4/c14-11-6-15-10(5-16-11)13(20)17-8-2-1-3-9(4-8)21-7-12(18)19/h1-6H,7H2,(H,17,20)(H,18,19). The molecule has 0 fully saturated rings. The van der Waals surface area contributed by atoms with Crippen molar-refractivity contribution in [2.75, 3.05) is 11.9 Å². The van der Waals surface area contributed by atoms with Crippen LogP contribution in [0.2, 0.25) is 5.15 Å². The topological polar surface area (TPSA) is 101 Å². The Morgan fingerprint density at radius 2 is 2.10 bits per heavy atom. The normalized spacial score (nSPS) is 9.95. The van der Waals surface area contributed by atoms with Gasteiger partial charge in [0, 0.05) is 11.8 Å². The fourth-order valence-corrected chi connectivity index (χ4v) is 1.53. The molecule has 0 aliphatic heterocycles. The zero-order valence-corrected chi connectivity index (χ0v) is 11.4. The fraction of sp³-hybridized carbons (Fsp3) is 0.0769. The number of nitrogens with one attached hydrogen (secondary N) is 1. The van der Waals surface area contributed by atoms with Gasteiger partial charge in [-0.3, -0.25) is 4.79 Å². The number of carbonyl (C=O) groups excluding carboxylic acids is 1. The van der Waals surface area contributed by atoms with Crippen molar-refractivity contribution >= 4 is 29.2 Å². The van der Waals surface area contributed by atoms with Crippen LogP contribution in [-0.4, -0.2) is 33.6 Å². The van der Waals surface area contributed by atoms with Gasteiger partial charge >= 0.3 is 5.97 Å². The number of aromatic nitrogens is 2. The SMILES string of the molecule is O=C(O)COc1cccc(NC(=O)c2cnc(Cl)cn2)c1. The monoisotopic (exact) mass is 307 g/mol. The number of hydrogen-bond acceptors (Lipinski definition) is 5. The highest BCUT2D eigenvalue weighted by Crippen LogP contribution is 2.17. The lowest BCUT2D eigenvalue weighted by Gasteiger charge is -2.07. The lowest BCUT2D eigenvalue weighted by Crippen LogP contribution is -2.14. The number of amides is 1. The maximum absolute atomic E-state index is 11.9. The van der Waals surface area contributed by atoms with Crippen molar-refractivity contribution in [1.29, 1.82) is 0 Å². The highest BCUT2D eigenvalue weighted by atomic mass is 35.5. The summed E-state index contributed by atoms with van der Waals surface area (Å²) >= 11 is 5.59. The summed E-state index contributed by atoms with van der Waals surface area (Å²) in [6.45, 7) is -0.458. The predicted molar refractivity (Wildman–Crippen MR) is 74.6 cm³/mol. The Labute approximate surface area is 124 Å². The molecule has 0 saturated heterocycles. The maximum atomic E-state index is 11.9. The number of carboxylic acids is 1. The number of ether oxygens (including phenoxy) is 1. The van der Waals surface area contributed by atoms with Gasteiger partial charge in [0.1, 0.15) is 16.6 Å². The van der Waals surface area contributed by atoms with Crippen LogP contribution in [0.5, 0.6) is 5.75 Å². The predicted octanol–water partition coefficient (Wildman–Crippen LogP) is 1.85. The van der Waals surface area contributed by atoms with Gasteiger partial charge in [0.25, 0.3) is 5.91 Å². The summed E-state index contributed by atoms with van der Waals surface area (Å²) in [5.74, 6) is -1.21. The Hall–Kier alpha value is -2.67. The van der Waals surface area contributed by atoms with E-state index in [1.807, 2.05) is 0 Å². The number of halogens is 1. The van der Waals surface area contributed by atoms with Gasteiger partial charge in [0.05, 0.1) is 12.4 Å². The maximum Gasteiger partial charge on any atom is 0.341 e. The summed E-state index contributed by atoms with van der Waals surface area (Å²) < 4.78 is 5.01. The fourth-order valence-electron chi connectivity index (χ4n) is 1.43. The van der Waals surface area contributed by atoms with Crippen LogP contribution < -0.4 is 10.1 Å². The molecule has 108 valence electrons. The van der Waals surface area contributed by atoms with Gasteiger partial charge < -0.3 is 15.2 Å². The molecular formula is C13H10ClN3O4. The number of hydrogen-bond donors (Lipinski definition) is 2. The van der Waals surface area contributed by atoms with Crippen LogP contribution in [0.4, 0.5) is 5.69 Å². The summed E-state index contributed by atoms with van der Waals surface area (Å²) in [4.78, 5) is 29.9. The van der Waals surface area contributed by atoms with Gasteiger partial charge in [-0.2, -0.15) is 0 Å². The van der Waals surface area contributed by atoms with Crippen LogP contribution in [0.3, 0.4) is 0 Å². The third-order valence-electron chi connectivity index (χ3n) is 2.31. The summed E-state index contributed by atoms with van der Waals surface area (Å²) in [6.07, 6.45) is 2.52. The minimum absolute atomic E-state index is 0.108. The van der Waals surface area contributed by atoms with Crippen molar-refractivity contribution in [1.82, 2.24) is 9.97 Å². The Kier molecular flexibility index (Phi) is 4.68. The largest absolute Gasteiger partial charge is 0.482 e. The lowest BCUT2D eigenvalue weighted by atomic mass is 10.3. The van der Waals surface area contributed by atoms with Gasteiger partial charge in [0.15, 0.2) is 6.61 Å². The number of nitrogens with zero attached hydrogens (tertiary/aromatic N) is 2. The van der Waals surface area contributed by atoms with E-state index in [9.17, 15) is 9.59 Å². The first kappa shape index (κ1) is 14.7. The first-order chi connectivity index (χ1) is 10.0. The molecule has 2 rings (SSSR count). The van der Waals surface area contributed by atoms with E-state index in [2.05, 4.69) is 15.3 Å². The van der Waals surface area contributed by atoms with Crippen LogP contribution >= 0.6 is 11.6 Å². The highest BCUT2D eigenvalue weighted by molar-refractivity contribution is 6.29. The molecule has 1 heterocycles. The molecule has 0 atom stereocenters. The van der Waals surface area contributed by atoms with E-state index in [1.165, 1.54) is 18.5 Å². The summed E-state index contributed by atoms with van der Waals surface area (Å²) in [5, 5.41) is 11.3. The van der Waals surface area contributed by atoms with E-state index in [0.717, 1.165) is 0 Å². The molecule has 0 bridgehead atoms. The van der Waals surface area contributed by atoms with Gasteiger partial charge in [-0.15, -0.1) is 0 Å². The second-order valence-electron chi connectivity index (χ2n) is 3.89. The third kappa shape index (κ3) is 4.43.